The lowest BCUT2D eigenvalue weighted by Gasteiger charge is -2.04. The van der Waals surface area contributed by atoms with Crippen molar-refractivity contribution in [2.75, 3.05) is 0 Å². The van der Waals surface area contributed by atoms with Crippen molar-refractivity contribution in [2.24, 2.45) is 0 Å². The van der Waals surface area contributed by atoms with E-state index in [4.69, 9.17) is 11.6 Å². The van der Waals surface area contributed by atoms with Crippen molar-refractivity contribution in [3.63, 3.8) is 0 Å². The number of hydrogen-bond acceptors (Lipinski definition) is 2. The Morgan fingerprint density at radius 1 is 1.36 bits per heavy atom. The van der Waals surface area contributed by atoms with Crippen LogP contribution in [0.25, 0.3) is 0 Å². The van der Waals surface area contributed by atoms with E-state index in [1.165, 1.54) is 0 Å². The molecule has 1 heterocycles. The first-order valence-electron chi connectivity index (χ1n) is 2.54. The third-order valence-corrected chi connectivity index (χ3v) is 1.21. The maximum absolute atomic E-state index is 11.9. The van der Waals surface area contributed by atoms with Crippen LogP contribution < -0.4 is 0 Å². The van der Waals surface area contributed by atoms with Crippen LogP contribution in [0.3, 0.4) is 0 Å². The van der Waals surface area contributed by atoms with E-state index in [2.05, 4.69) is 9.97 Å². The lowest BCUT2D eigenvalue weighted by Crippen LogP contribution is -2.08. The van der Waals surface area contributed by atoms with Crippen molar-refractivity contribution >= 4 is 11.6 Å². The first kappa shape index (κ1) is 8.26. The molecule has 6 heteroatoms. The summed E-state index contributed by atoms with van der Waals surface area (Å²) in [7, 11) is 0. The monoisotopic (exact) mass is 182 g/mol. The van der Waals surface area contributed by atoms with Crippen LogP contribution >= 0.6 is 11.6 Å². The number of halogens is 4. The molecule has 0 spiro atoms. The van der Waals surface area contributed by atoms with E-state index in [1.54, 1.807) is 0 Å². The molecule has 0 saturated heterocycles. The predicted octanol–water partition coefficient (Wildman–Crippen LogP) is 2.15. The average Bonchev–Trinajstić information content (AvgIpc) is 1.86. The van der Waals surface area contributed by atoms with Crippen LogP contribution in [-0.2, 0) is 6.18 Å². The van der Waals surface area contributed by atoms with Gasteiger partial charge in [0.25, 0.3) is 0 Å². The van der Waals surface area contributed by atoms with E-state index in [0.717, 1.165) is 12.5 Å². The lowest BCUT2D eigenvalue weighted by molar-refractivity contribution is -0.141. The van der Waals surface area contributed by atoms with Crippen molar-refractivity contribution in [1.29, 1.82) is 0 Å². The van der Waals surface area contributed by atoms with Crippen LogP contribution in [0.5, 0.6) is 0 Å². The van der Waals surface area contributed by atoms with Gasteiger partial charge in [-0.15, -0.1) is 0 Å². The van der Waals surface area contributed by atoms with Gasteiger partial charge in [-0.1, -0.05) is 11.6 Å². The zero-order chi connectivity index (χ0) is 8.48. The molecule has 60 valence electrons. The molecule has 0 N–H and O–H groups in total. The fourth-order valence-electron chi connectivity index (χ4n) is 0.521. The zero-order valence-electron chi connectivity index (χ0n) is 5.06. The van der Waals surface area contributed by atoms with Crippen molar-refractivity contribution in [2.45, 2.75) is 6.18 Å². The van der Waals surface area contributed by atoms with Gasteiger partial charge in [-0.3, -0.25) is 0 Å². The van der Waals surface area contributed by atoms with Gasteiger partial charge in [0.1, 0.15) is 6.33 Å². The normalized spacial score (nSPS) is 11.6. The molecule has 0 aliphatic heterocycles. The molecule has 0 unspecified atom stereocenters. The molecule has 0 fully saturated rings. The summed E-state index contributed by atoms with van der Waals surface area (Å²) in [6, 6.07) is 0. The second-order valence-corrected chi connectivity index (χ2v) is 2.12. The van der Waals surface area contributed by atoms with Gasteiger partial charge in [-0.2, -0.15) is 13.2 Å². The summed E-state index contributed by atoms with van der Waals surface area (Å²) in [6.07, 6.45) is -2.80. The smallest absolute Gasteiger partial charge is 0.243 e. The summed E-state index contributed by atoms with van der Waals surface area (Å²) in [4.78, 5) is 6.30. The Morgan fingerprint density at radius 2 is 2.00 bits per heavy atom. The minimum atomic E-state index is -4.50. The van der Waals surface area contributed by atoms with Crippen LogP contribution in [0.2, 0.25) is 5.02 Å². The molecule has 0 saturated carbocycles. The van der Waals surface area contributed by atoms with Gasteiger partial charge in [-0.05, 0) is 0 Å². The summed E-state index contributed by atoms with van der Waals surface area (Å²) in [6.45, 7) is 0. The van der Waals surface area contributed by atoms with E-state index in [-0.39, 0.29) is 0 Å². The summed E-state index contributed by atoms with van der Waals surface area (Å²) < 4.78 is 35.6. The molecule has 1 aromatic heterocycles. The highest BCUT2D eigenvalue weighted by atomic mass is 35.5. The Bertz CT molecular complexity index is 260. The summed E-state index contributed by atoms with van der Waals surface area (Å²) in [5, 5.41) is -0.486. The summed E-state index contributed by atoms with van der Waals surface area (Å²) in [5.74, 6) is 0. The fraction of sp³-hybridized carbons (Fsp3) is 0.200. The molecule has 0 radical (unpaired) electrons. The third-order valence-electron chi connectivity index (χ3n) is 0.936. The largest absolute Gasteiger partial charge is 0.434 e. The Hall–Kier alpha value is -0.840. The van der Waals surface area contributed by atoms with Gasteiger partial charge in [0.05, 0.1) is 5.02 Å². The van der Waals surface area contributed by atoms with E-state index in [9.17, 15) is 13.2 Å². The number of rotatable bonds is 0. The quantitative estimate of drug-likeness (QED) is 0.614. The third kappa shape index (κ3) is 1.80. The molecule has 1 aromatic rings. The molecule has 11 heavy (non-hydrogen) atoms. The number of hydrogen-bond donors (Lipinski definition) is 0. The predicted molar refractivity (Wildman–Crippen MR) is 32.0 cm³/mol. The maximum atomic E-state index is 11.9. The second kappa shape index (κ2) is 2.65. The molecule has 2 nitrogen and oxygen atoms in total. The molecule has 1 rings (SSSR count). The Balaban J connectivity index is 3.14. The van der Waals surface area contributed by atoms with Gasteiger partial charge in [0, 0.05) is 6.20 Å². The highest BCUT2D eigenvalue weighted by Crippen LogP contribution is 2.31. The highest BCUT2D eigenvalue weighted by Gasteiger charge is 2.34. The van der Waals surface area contributed by atoms with Crippen LogP contribution in [0.4, 0.5) is 13.2 Å². The fourth-order valence-corrected chi connectivity index (χ4v) is 0.734. The van der Waals surface area contributed by atoms with E-state index >= 15 is 0 Å². The van der Waals surface area contributed by atoms with E-state index in [0.29, 0.717) is 0 Å². The van der Waals surface area contributed by atoms with Gasteiger partial charge >= 0.3 is 6.18 Å². The van der Waals surface area contributed by atoms with Crippen molar-refractivity contribution in [1.82, 2.24) is 9.97 Å². The van der Waals surface area contributed by atoms with E-state index < -0.39 is 16.9 Å². The lowest BCUT2D eigenvalue weighted by atomic mass is 10.4. The first-order valence-corrected chi connectivity index (χ1v) is 2.92. The summed E-state index contributed by atoms with van der Waals surface area (Å²) in [5.41, 5.74) is -1.10. The van der Waals surface area contributed by atoms with E-state index in [1.807, 2.05) is 0 Å². The van der Waals surface area contributed by atoms with Crippen molar-refractivity contribution < 1.29 is 13.2 Å². The van der Waals surface area contributed by atoms with Gasteiger partial charge in [0.15, 0.2) is 5.69 Å². The minimum Gasteiger partial charge on any atom is -0.243 e. The zero-order valence-corrected chi connectivity index (χ0v) is 5.82. The average molecular weight is 183 g/mol. The summed E-state index contributed by atoms with van der Waals surface area (Å²) >= 11 is 5.16. The minimum absolute atomic E-state index is 0.486. The van der Waals surface area contributed by atoms with Crippen LogP contribution in [-0.4, -0.2) is 9.97 Å². The number of alkyl halides is 3. The molecule has 0 atom stereocenters. The highest BCUT2D eigenvalue weighted by molar-refractivity contribution is 6.31. The second-order valence-electron chi connectivity index (χ2n) is 1.72. The molecule has 0 aliphatic carbocycles. The van der Waals surface area contributed by atoms with Crippen LogP contribution in [0.1, 0.15) is 5.69 Å². The Labute approximate surface area is 65.0 Å². The molecular weight excluding hydrogens is 181 g/mol. The van der Waals surface area contributed by atoms with Gasteiger partial charge in [0.2, 0.25) is 0 Å². The molecule has 0 aromatic carbocycles. The van der Waals surface area contributed by atoms with Crippen LogP contribution in [0, 0.1) is 0 Å². The van der Waals surface area contributed by atoms with Crippen LogP contribution in [0.15, 0.2) is 12.5 Å². The van der Waals surface area contributed by atoms with Gasteiger partial charge < -0.3 is 0 Å². The molecule has 0 bridgehead atoms. The van der Waals surface area contributed by atoms with Crippen molar-refractivity contribution in [3.8, 4) is 0 Å². The van der Waals surface area contributed by atoms with Gasteiger partial charge in [-0.25, -0.2) is 9.97 Å². The Kier molecular flexibility index (Phi) is 1.99. The first-order chi connectivity index (χ1) is 5.02. The standard InChI is InChI=1S/C5H2ClF3N2/c6-3-1-10-2-11-4(3)5(7,8)9/h1-2H. The Morgan fingerprint density at radius 3 is 2.36 bits per heavy atom. The number of aromatic nitrogens is 2. The van der Waals surface area contributed by atoms with Crippen molar-refractivity contribution in [3.05, 3.63) is 23.2 Å². The topological polar surface area (TPSA) is 25.8 Å². The SMILES string of the molecule is FC(F)(F)c1ncncc1Cl. The maximum Gasteiger partial charge on any atom is 0.434 e. The molecule has 0 aliphatic rings. The molecule has 0 amide bonds. The molecular formula is C5H2ClF3N2. The number of nitrogens with zero attached hydrogens (tertiary/aromatic N) is 2.